The molecule has 19 heavy (non-hydrogen) atoms. The van der Waals surface area contributed by atoms with Gasteiger partial charge in [0.2, 0.25) is 0 Å². The molecule has 0 aliphatic rings. The minimum atomic E-state index is -0.133. The van der Waals surface area contributed by atoms with Gasteiger partial charge in [0.05, 0.1) is 10.3 Å². The minimum Gasteiger partial charge on any atom is -0.453 e. The summed E-state index contributed by atoms with van der Waals surface area (Å²) in [5.41, 5.74) is 0. The molecule has 0 unspecified atom stereocenters. The van der Waals surface area contributed by atoms with E-state index < -0.39 is 0 Å². The lowest BCUT2D eigenvalue weighted by atomic mass is 10.3. The van der Waals surface area contributed by atoms with Crippen LogP contribution in [-0.2, 0) is 17.9 Å². The zero-order chi connectivity index (χ0) is 13.8. The highest BCUT2D eigenvalue weighted by atomic mass is 79.9. The fraction of sp³-hybridized carbons (Fsp3) is 0.308. The van der Waals surface area contributed by atoms with Gasteiger partial charge in [0, 0.05) is 19.0 Å². The lowest BCUT2D eigenvalue weighted by molar-refractivity contribution is 0.0747. The van der Waals surface area contributed by atoms with Crippen molar-refractivity contribution in [3.05, 3.63) is 44.4 Å². The van der Waals surface area contributed by atoms with E-state index in [1.165, 1.54) is 0 Å². The number of carbonyl (C=O) groups excluding carboxylic acids is 1. The van der Waals surface area contributed by atoms with Gasteiger partial charge in [0.25, 0.3) is 5.91 Å². The first-order valence-corrected chi connectivity index (χ1v) is 7.28. The van der Waals surface area contributed by atoms with E-state index in [1.54, 1.807) is 42.5 Å². The molecule has 0 radical (unpaired) electrons. The molecule has 0 aliphatic carbocycles. The molecule has 102 valence electrons. The van der Waals surface area contributed by atoms with Crippen LogP contribution in [0.25, 0.3) is 0 Å². The summed E-state index contributed by atoms with van der Waals surface area (Å²) in [5, 5.41) is 0. The van der Waals surface area contributed by atoms with E-state index in [0.29, 0.717) is 24.7 Å². The predicted molar refractivity (Wildman–Crippen MR) is 77.2 cm³/mol. The SMILES string of the molecule is COCc1ccc(C(=O)N(C)Cc2ccc(Br)s2)o1. The molecule has 2 heterocycles. The maximum atomic E-state index is 12.2. The van der Waals surface area contributed by atoms with E-state index in [1.807, 2.05) is 12.1 Å². The first kappa shape index (κ1) is 14.3. The van der Waals surface area contributed by atoms with Crippen molar-refractivity contribution >= 4 is 33.2 Å². The van der Waals surface area contributed by atoms with Crippen molar-refractivity contribution in [1.29, 1.82) is 0 Å². The average molecular weight is 344 g/mol. The first-order chi connectivity index (χ1) is 9.10. The van der Waals surface area contributed by atoms with Crippen LogP contribution in [0.5, 0.6) is 0 Å². The number of nitrogens with zero attached hydrogens (tertiary/aromatic N) is 1. The summed E-state index contributed by atoms with van der Waals surface area (Å²) in [7, 11) is 3.35. The summed E-state index contributed by atoms with van der Waals surface area (Å²) in [6, 6.07) is 7.41. The van der Waals surface area contributed by atoms with Crippen LogP contribution in [0.2, 0.25) is 0 Å². The fourth-order valence-corrected chi connectivity index (χ4v) is 3.18. The topological polar surface area (TPSA) is 42.7 Å². The number of carbonyl (C=O) groups is 1. The van der Waals surface area contributed by atoms with Gasteiger partial charge in [-0.05, 0) is 40.2 Å². The number of rotatable bonds is 5. The number of thiophene rings is 1. The second-order valence-electron chi connectivity index (χ2n) is 4.07. The summed E-state index contributed by atoms with van der Waals surface area (Å²) >= 11 is 5.02. The third kappa shape index (κ3) is 3.68. The Bertz CT molecular complexity index is 564. The molecule has 0 aromatic carbocycles. The van der Waals surface area contributed by atoms with Crippen LogP contribution < -0.4 is 0 Å². The van der Waals surface area contributed by atoms with Crippen molar-refractivity contribution in [2.75, 3.05) is 14.2 Å². The predicted octanol–water partition coefficient (Wildman–Crippen LogP) is 3.52. The van der Waals surface area contributed by atoms with E-state index in [-0.39, 0.29) is 5.91 Å². The van der Waals surface area contributed by atoms with Gasteiger partial charge in [-0.3, -0.25) is 4.79 Å². The summed E-state index contributed by atoms with van der Waals surface area (Å²) in [5.74, 6) is 0.857. The largest absolute Gasteiger partial charge is 0.453 e. The van der Waals surface area contributed by atoms with Gasteiger partial charge in [-0.2, -0.15) is 0 Å². The average Bonchev–Trinajstić information content (AvgIpc) is 2.98. The quantitative estimate of drug-likeness (QED) is 0.834. The van der Waals surface area contributed by atoms with Crippen LogP contribution in [0.15, 0.2) is 32.5 Å². The molecule has 0 atom stereocenters. The second-order valence-corrected chi connectivity index (χ2v) is 6.61. The third-order valence-corrected chi connectivity index (χ3v) is 4.14. The van der Waals surface area contributed by atoms with Gasteiger partial charge < -0.3 is 14.1 Å². The highest BCUT2D eigenvalue weighted by Gasteiger charge is 2.16. The Labute approximate surface area is 124 Å². The molecule has 0 aliphatic heterocycles. The molecular formula is C13H14BrNO3S. The van der Waals surface area contributed by atoms with Gasteiger partial charge in [-0.1, -0.05) is 0 Å². The zero-order valence-electron chi connectivity index (χ0n) is 10.7. The molecule has 0 saturated carbocycles. The zero-order valence-corrected chi connectivity index (χ0v) is 13.1. The summed E-state index contributed by atoms with van der Waals surface area (Å²) in [4.78, 5) is 14.9. The second kappa shape index (κ2) is 6.36. The Morgan fingerprint density at radius 1 is 1.42 bits per heavy atom. The van der Waals surface area contributed by atoms with Crippen LogP contribution in [-0.4, -0.2) is 25.0 Å². The van der Waals surface area contributed by atoms with E-state index in [4.69, 9.17) is 9.15 Å². The van der Waals surface area contributed by atoms with Crippen LogP contribution >= 0.6 is 27.3 Å². The lowest BCUT2D eigenvalue weighted by Gasteiger charge is -2.14. The van der Waals surface area contributed by atoms with Gasteiger partial charge in [0.15, 0.2) is 5.76 Å². The Balaban J connectivity index is 2.01. The van der Waals surface area contributed by atoms with E-state index in [0.717, 1.165) is 8.66 Å². The summed E-state index contributed by atoms with van der Waals surface area (Å²) in [6.07, 6.45) is 0. The Kier molecular flexibility index (Phi) is 4.79. The van der Waals surface area contributed by atoms with Gasteiger partial charge in [-0.15, -0.1) is 11.3 Å². The number of methoxy groups -OCH3 is 1. The lowest BCUT2D eigenvalue weighted by Crippen LogP contribution is -2.25. The number of ether oxygens (including phenoxy) is 1. The molecule has 0 spiro atoms. The van der Waals surface area contributed by atoms with E-state index in [2.05, 4.69) is 15.9 Å². The van der Waals surface area contributed by atoms with Crippen molar-refractivity contribution in [3.8, 4) is 0 Å². The number of hydrogen-bond acceptors (Lipinski definition) is 4. The number of halogens is 1. The maximum absolute atomic E-state index is 12.2. The summed E-state index contributed by atoms with van der Waals surface area (Å²) in [6.45, 7) is 0.935. The third-order valence-electron chi connectivity index (χ3n) is 2.53. The highest BCUT2D eigenvalue weighted by Crippen LogP contribution is 2.23. The molecule has 6 heteroatoms. The van der Waals surface area contributed by atoms with Gasteiger partial charge >= 0.3 is 0 Å². The molecule has 2 aromatic rings. The fourth-order valence-electron chi connectivity index (χ4n) is 1.64. The standard InChI is InChI=1S/C13H14BrNO3S/c1-15(7-10-4-6-12(14)19-10)13(16)11-5-3-9(18-11)8-17-2/h3-6H,7-8H2,1-2H3. The van der Waals surface area contributed by atoms with Crippen molar-refractivity contribution in [2.45, 2.75) is 13.2 Å². The smallest absolute Gasteiger partial charge is 0.289 e. The summed E-state index contributed by atoms with van der Waals surface area (Å²) < 4.78 is 11.4. The molecule has 0 bridgehead atoms. The van der Waals surface area contributed by atoms with E-state index >= 15 is 0 Å². The molecule has 0 saturated heterocycles. The maximum Gasteiger partial charge on any atom is 0.289 e. The molecular weight excluding hydrogens is 330 g/mol. The molecule has 0 fully saturated rings. The molecule has 4 nitrogen and oxygen atoms in total. The highest BCUT2D eigenvalue weighted by molar-refractivity contribution is 9.11. The van der Waals surface area contributed by atoms with Crippen molar-refractivity contribution in [1.82, 2.24) is 4.90 Å². The minimum absolute atomic E-state index is 0.133. The van der Waals surface area contributed by atoms with E-state index in [9.17, 15) is 4.79 Å². The van der Waals surface area contributed by atoms with Gasteiger partial charge in [-0.25, -0.2) is 0 Å². The number of furan rings is 1. The van der Waals surface area contributed by atoms with Gasteiger partial charge in [0.1, 0.15) is 12.4 Å². The number of hydrogen-bond donors (Lipinski definition) is 0. The molecule has 2 rings (SSSR count). The van der Waals surface area contributed by atoms with Crippen LogP contribution in [0.1, 0.15) is 21.2 Å². The Morgan fingerprint density at radius 3 is 2.84 bits per heavy atom. The number of amides is 1. The Morgan fingerprint density at radius 2 is 2.21 bits per heavy atom. The van der Waals surface area contributed by atoms with Crippen LogP contribution in [0, 0.1) is 0 Å². The van der Waals surface area contributed by atoms with Crippen LogP contribution in [0.4, 0.5) is 0 Å². The molecule has 0 N–H and O–H groups in total. The first-order valence-electron chi connectivity index (χ1n) is 5.67. The van der Waals surface area contributed by atoms with Crippen molar-refractivity contribution in [3.63, 3.8) is 0 Å². The van der Waals surface area contributed by atoms with Crippen molar-refractivity contribution < 1.29 is 13.9 Å². The molecule has 1 amide bonds. The molecule has 2 aromatic heterocycles. The Hall–Kier alpha value is -1.11. The van der Waals surface area contributed by atoms with Crippen molar-refractivity contribution in [2.24, 2.45) is 0 Å². The monoisotopic (exact) mass is 343 g/mol. The van der Waals surface area contributed by atoms with Crippen LogP contribution in [0.3, 0.4) is 0 Å². The normalized spacial score (nSPS) is 10.7.